The molecule has 100 valence electrons. The van der Waals surface area contributed by atoms with E-state index in [1.807, 2.05) is 13.0 Å². The largest absolute Gasteiger partial charge is 0.325 e. The van der Waals surface area contributed by atoms with Gasteiger partial charge in [-0.25, -0.2) is 4.98 Å². The lowest BCUT2D eigenvalue weighted by Gasteiger charge is -2.07. The topological polar surface area (TPSA) is 42.0 Å². The van der Waals surface area contributed by atoms with Crippen LogP contribution in [0.2, 0.25) is 5.15 Å². The molecule has 0 aliphatic heterocycles. The summed E-state index contributed by atoms with van der Waals surface area (Å²) in [5, 5.41) is 5.35. The van der Waals surface area contributed by atoms with Gasteiger partial charge in [0, 0.05) is 11.3 Å². The molecule has 0 aromatic carbocycles. The van der Waals surface area contributed by atoms with Crippen molar-refractivity contribution in [3.8, 4) is 0 Å². The molecule has 3 nitrogen and oxygen atoms in total. The summed E-state index contributed by atoms with van der Waals surface area (Å²) in [6.45, 7) is 1.83. The molecule has 0 saturated carbocycles. The molecule has 0 bridgehead atoms. The number of anilines is 1. The van der Waals surface area contributed by atoms with E-state index in [1.54, 1.807) is 23.5 Å². The molecule has 0 saturated heterocycles. The average Bonchev–Trinajstić information content (AvgIpc) is 2.86. The van der Waals surface area contributed by atoms with Crippen LogP contribution in [-0.4, -0.2) is 10.9 Å². The summed E-state index contributed by atoms with van der Waals surface area (Å²) in [7, 11) is 0. The number of pyridine rings is 1. The summed E-state index contributed by atoms with van der Waals surface area (Å²) in [6.07, 6.45) is 2.31. The average molecular weight is 295 g/mol. The third-order valence-corrected chi connectivity index (χ3v) is 3.88. The number of amides is 1. The van der Waals surface area contributed by atoms with Gasteiger partial charge in [-0.3, -0.25) is 4.79 Å². The van der Waals surface area contributed by atoms with Gasteiger partial charge in [0.2, 0.25) is 5.91 Å². The van der Waals surface area contributed by atoms with E-state index < -0.39 is 0 Å². The lowest BCUT2D eigenvalue weighted by molar-refractivity contribution is -0.116. The van der Waals surface area contributed by atoms with Crippen LogP contribution in [0.15, 0.2) is 29.6 Å². The highest BCUT2D eigenvalue weighted by atomic mass is 35.5. The molecule has 0 aliphatic carbocycles. The van der Waals surface area contributed by atoms with Crippen LogP contribution >= 0.6 is 22.9 Å². The first-order valence-corrected chi connectivity index (χ1v) is 7.36. The maximum atomic E-state index is 11.8. The van der Waals surface area contributed by atoms with Crippen LogP contribution in [0.4, 0.5) is 5.69 Å². The summed E-state index contributed by atoms with van der Waals surface area (Å²) in [6, 6.07) is 7.58. The van der Waals surface area contributed by atoms with E-state index in [-0.39, 0.29) is 5.91 Å². The van der Waals surface area contributed by atoms with Crippen molar-refractivity contribution >= 4 is 34.5 Å². The number of aryl methyl sites for hydroxylation is 2. The third-order valence-electron chi connectivity index (χ3n) is 2.73. The van der Waals surface area contributed by atoms with Gasteiger partial charge in [0.05, 0.1) is 11.4 Å². The quantitative estimate of drug-likeness (QED) is 0.845. The van der Waals surface area contributed by atoms with E-state index in [1.165, 1.54) is 4.88 Å². The Morgan fingerprint density at radius 3 is 2.95 bits per heavy atom. The number of nitrogens with one attached hydrogen (secondary N) is 1. The van der Waals surface area contributed by atoms with E-state index in [4.69, 9.17) is 11.6 Å². The Hall–Kier alpha value is -1.39. The summed E-state index contributed by atoms with van der Waals surface area (Å²) in [4.78, 5) is 17.2. The molecule has 0 unspecified atom stereocenters. The van der Waals surface area contributed by atoms with Crippen molar-refractivity contribution < 1.29 is 4.79 Å². The van der Waals surface area contributed by atoms with Crippen LogP contribution in [0.3, 0.4) is 0 Å². The van der Waals surface area contributed by atoms with Crippen molar-refractivity contribution in [2.45, 2.75) is 26.2 Å². The minimum absolute atomic E-state index is 0.0174. The molecular weight excluding hydrogens is 280 g/mol. The van der Waals surface area contributed by atoms with Crippen LogP contribution in [-0.2, 0) is 11.2 Å². The molecule has 0 radical (unpaired) electrons. The highest BCUT2D eigenvalue weighted by molar-refractivity contribution is 7.09. The van der Waals surface area contributed by atoms with Crippen LogP contribution in [0, 0.1) is 6.92 Å². The zero-order valence-corrected chi connectivity index (χ0v) is 12.2. The Balaban J connectivity index is 1.80. The fourth-order valence-corrected chi connectivity index (χ4v) is 2.69. The number of carbonyl (C=O) groups excluding carboxylic acids is 1. The molecule has 0 aliphatic rings. The molecule has 2 aromatic rings. The molecule has 2 heterocycles. The van der Waals surface area contributed by atoms with Gasteiger partial charge in [-0.05, 0) is 43.3 Å². The Bertz CT molecular complexity index is 555. The second-order valence-electron chi connectivity index (χ2n) is 4.25. The van der Waals surface area contributed by atoms with Crippen molar-refractivity contribution in [3.63, 3.8) is 0 Å². The van der Waals surface area contributed by atoms with Gasteiger partial charge in [-0.2, -0.15) is 0 Å². The van der Waals surface area contributed by atoms with Crippen molar-refractivity contribution in [3.05, 3.63) is 45.4 Å². The van der Waals surface area contributed by atoms with Gasteiger partial charge in [-0.1, -0.05) is 17.7 Å². The second-order valence-corrected chi connectivity index (χ2v) is 5.67. The molecule has 2 aromatic heterocycles. The fourth-order valence-electron chi connectivity index (χ4n) is 1.75. The Labute approximate surface area is 121 Å². The predicted molar refractivity (Wildman–Crippen MR) is 79.9 cm³/mol. The van der Waals surface area contributed by atoms with Crippen molar-refractivity contribution in [1.82, 2.24) is 4.98 Å². The van der Waals surface area contributed by atoms with Crippen molar-refractivity contribution in [2.24, 2.45) is 0 Å². The molecule has 0 atom stereocenters. The van der Waals surface area contributed by atoms with E-state index >= 15 is 0 Å². The first-order valence-electron chi connectivity index (χ1n) is 6.10. The highest BCUT2D eigenvalue weighted by Gasteiger charge is 2.06. The van der Waals surface area contributed by atoms with Gasteiger partial charge >= 0.3 is 0 Å². The number of carbonyl (C=O) groups is 1. The zero-order chi connectivity index (χ0) is 13.7. The highest BCUT2D eigenvalue weighted by Crippen LogP contribution is 2.17. The van der Waals surface area contributed by atoms with Gasteiger partial charge < -0.3 is 5.32 Å². The second kappa shape index (κ2) is 6.68. The number of aromatic nitrogens is 1. The molecular formula is C14H15ClN2OS. The van der Waals surface area contributed by atoms with E-state index in [9.17, 15) is 4.79 Å². The maximum absolute atomic E-state index is 11.8. The monoisotopic (exact) mass is 294 g/mol. The Kier molecular flexibility index (Phi) is 4.93. The van der Waals surface area contributed by atoms with Gasteiger partial charge in [0.1, 0.15) is 5.15 Å². The van der Waals surface area contributed by atoms with E-state index in [2.05, 4.69) is 21.7 Å². The lowest BCUT2D eigenvalue weighted by atomic mass is 10.2. The molecule has 1 N–H and O–H groups in total. The van der Waals surface area contributed by atoms with Crippen molar-refractivity contribution in [1.29, 1.82) is 0 Å². The number of thiophene rings is 1. The smallest absolute Gasteiger partial charge is 0.224 e. The number of hydrogen-bond acceptors (Lipinski definition) is 3. The Morgan fingerprint density at radius 1 is 1.42 bits per heavy atom. The maximum Gasteiger partial charge on any atom is 0.224 e. The molecule has 0 fully saturated rings. The van der Waals surface area contributed by atoms with Gasteiger partial charge in [0.15, 0.2) is 0 Å². The summed E-state index contributed by atoms with van der Waals surface area (Å²) in [5.41, 5.74) is 1.46. The molecule has 0 spiro atoms. The first-order chi connectivity index (χ1) is 9.15. The number of nitrogens with zero attached hydrogens (tertiary/aromatic N) is 1. The third kappa shape index (κ3) is 4.33. The van der Waals surface area contributed by atoms with Gasteiger partial charge in [-0.15, -0.1) is 11.3 Å². The summed E-state index contributed by atoms with van der Waals surface area (Å²) >= 11 is 7.50. The number of halogens is 1. The molecule has 1 amide bonds. The van der Waals surface area contributed by atoms with E-state index in [0.29, 0.717) is 11.6 Å². The summed E-state index contributed by atoms with van der Waals surface area (Å²) < 4.78 is 0. The van der Waals surface area contributed by atoms with Crippen LogP contribution in [0.25, 0.3) is 0 Å². The van der Waals surface area contributed by atoms with E-state index in [0.717, 1.165) is 24.2 Å². The SMILES string of the molecule is Cc1nc(Cl)ccc1NC(=O)CCCc1cccs1. The minimum Gasteiger partial charge on any atom is -0.325 e. The lowest BCUT2D eigenvalue weighted by Crippen LogP contribution is -2.12. The number of hydrogen-bond donors (Lipinski definition) is 1. The molecule has 19 heavy (non-hydrogen) atoms. The number of rotatable bonds is 5. The zero-order valence-electron chi connectivity index (χ0n) is 10.6. The van der Waals surface area contributed by atoms with Crippen LogP contribution in [0.1, 0.15) is 23.4 Å². The summed E-state index contributed by atoms with van der Waals surface area (Å²) in [5.74, 6) is 0.0174. The van der Waals surface area contributed by atoms with Crippen LogP contribution < -0.4 is 5.32 Å². The normalized spacial score (nSPS) is 10.4. The molecule has 5 heteroatoms. The Morgan fingerprint density at radius 2 is 2.26 bits per heavy atom. The minimum atomic E-state index is 0.0174. The molecule has 2 rings (SSSR count). The fraction of sp³-hybridized carbons (Fsp3) is 0.286. The van der Waals surface area contributed by atoms with Crippen molar-refractivity contribution in [2.75, 3.05) is 5.32 Å². The standard InChI is InChI=1S/C14H15ClN2OS/c1-10-12(7-8-13(15)16-10)17-14(18)6-2-4-11-5-3-9-19-11/h3,5,7-9H,2,4,6H2,1H3,(H,17,18). The van der Waals surface area contributed by atoms with Gasteiger partial charge in [0.25, 0.3) is 0 Å². The first kappa shape index (κ1) is 14.0. The van der Waals surface area contributed by atoms with Crippen LogP contribution in [0.5, 0.6) is 0 Å². The predicted octanol–water partition coefficient (Wildman–Crippen LogP) is 4.07.